The summed E-state index contributed by atoms with van der Waals surface area (Å²) < 4.78 is 29.6. The highest BCUT2D eigenvalue weighted by Crippen LogP contribution is 2.08. The van der Waals surface area contributed by atoms with E-state index in [0.717, 1.165) is 0 Å². The first-order chi connectivity index (χ1) is 8.54. The Morgan fingerprint density at radius 1 is 1.06 bits per heavy atom. The molecule has 1 N–H and O–H groups in total. The lowest BCUT2D eigenvalue weighted by molar-refractivity contribution is 0.483. The van der Waals surface area contributed by atoms with Crippen LogP contribution in [0.3, 0.4) is 0 Å². The molecule has 18 heavy (non-hydrogen) atoms. The smallest absolute Gasteiger partial charge is 0.282 e. The summed E-state index contributed by atoms with van der Waals surface area (Å²) in [7, 11) is -4.14. The van der Waals surface area contributed by atoms with Gasteiger partial charge in [0.1, 0.15) is 0 Å². The third-order valence-corrected chi connectivity index (χ3v) is 2.72. The van der Waals surface area contributed by atoms with Gasteiger partial charge in [0.2, 0.25) is 0 Å². The van der Waals surface area contributed by atoms with E-state index in [1.165, 1.54) is 24.3 Å². The Kier molecular flexibility index (Phi) is 4.99. The molecule has 1 aromatic heterocycles. The maximum absolute atomic E-state index is 10.5. The Hall–Kier alpha value is -2.23. The van der Waals surface area contributed by atoms with Gasteiger partial charge in [-0.15, -0.1) is 0 Å². The van der Waals surface area contributed by atoms with E-state index in [-0.39, 0.29) is 4.90 Å². The minimum atomic E-state index is -4.14. The van der Waals surface area contributed by atoms with Crippen LogP contribution < -0.4 is 0 Å². The molecule has 0 atom stereocenters. The van der Waals surface area contributed by atoms with Crippen molar-refractivity contribution in [1.82, 2.24) is 4.98 Å². The highest BCUT2D eigenvalue weighted by atomic mass is 32.2. The third-order valence-electron chi connectivity index (χ3n) is 1.85. The summed E-state index contributed by atoms with van der Waals surface area (Å²) in [6, 6.07) is 12.5. The summed E-state index contributed by atoms with van der Waals surface area (Å²) in [5.41, 5.74) is 0.349. The van der Waals surface area contributed by atoms with Gasteiger partial charge in [-0.3, -0.25) is 9.54 Å². The molecule has 0 spiro atoms. The molecular weight excluding hydrogens is 252 g/mol. The number of aromatic nitrogens is 1. The third kappa shape index (κ3) is 4.74. The lowest BCUT2D eigenvalue weighted by Crippen LogP contribution is -1.97. The van der Waals surface area contributed by atoms with Crippen LogP contribution in [0.1, 0.15) is 5.56 Å². The van der Waals surface area contributed by atoms with Gasteiger partial charge < -0.3 is 0 Å². The Labute approximate surface area is 105 Å². The van der Waals surface area contributed by atoms with Crippen molar-refractivity contribution >= 4 is 10.1 Å². The SMILES string of the molecule is N#Cc1ccc(S(=O)(=O)O)cc1.c1ccncc1. The highest BCUT2D eigenvalue weighted by Gasteiger charge is 2.07. The zero-order valence-corrected chi connectivity index (χ0v) is 10.1. The topological polar surface area (TPSA) is 91.0 Å². The highest BCUT2D eigenvalue weighted by molar-refractivity contribution is 7.85. The van der Waals surface area contributed by atoms with Gasteiger partial charge in [-0.2, -0.15) is 13.7 Å². The standard InChI is InChI=1S/C7H5NO3S.C5H5N/c8-5-6-1-3-7(4-2-6)12(9,10)11;1-2-4-6-5-3-1/h1-4H,(H,9,10,11);1-5H. The van der Waals surface area contributed by atoms with E-state index in [0.29, 0.717) is 5.56 Å². The van der Waals surface area contributed by atoms with Gasteiger partial charge in [0.15, 0.2) is 0 Å². The summed E-state index contributed by atoms with van der Waals surface area (Å²) >= 11 is 0. The van der Waals surface area contributed by atoms with Gasteiger partial charge in [0.05, 0.1) is 16.5 Å². The Morgan fingerprint density at radius 3 is 1.89 bits per heavy atom. The van der Waals surface area contributed by atoms with Gasteiger partial charge >= 0.3 is 0 Å². The van der Waals surface area contributed by atoms with Crippen LogP contribution in [0.4, 0.5) is 0 Å². The van der Waals surface area contributed by atoms with E-state index in [2.05, 4.69) is 4.98 Å². The second-order valence-electron chi connectivity index (χ2n) is 3.14. The largest absolute Gasteiger partial charge is 0.294 e. The summed E-state index contributed by atoms with van der Waals surface area (Å²) in [4.78, 5) is 3.58. The Balaban J connectivity index is 0.000000225. The molecule has 0 aliphatic heterocycles. The maximum Gasteiger partial charge on any atom is 0.294 e. The second kappa shape index (κ2) is 6.49. The molecule has 0 bridgehead atoms. The number of hydrogen-bond acceptors (Lipinski definition) is 4. The first-order valence-electron chi connectivity index (χ1n) is 4.86. The van der Waals surface area contributed by atoms with Gasteiger partial charge in [-0.1, -0.05) is 6.07 Å². The summed E-state index contributed by atoms with van der Waals surface area (Å²) in [6.45, 7) is 0. The molecule has 5 nitrogen and oxygen atoms in total. The fourth-order valence-electron chi connectivity index (χ4n) is 1.01. The van der Waals surface area contributed by atoms with Crippen LogP contribution >= 0.6 is 0 Å². The monoisotopic (exact) mass is 262 g/mol. The average Bonchev–Trinajstić information content (AvgIpc) is 2.40. The number of rotatable bonds is 1. The molecule has 92 valence electrons. The second-order valence-corrected chi connectivity index (χ2v) is 4.56. The molecule has 6 heteroatoms. The summed E-state index contributed by atoms with van der Waals surface area (Å²) in [5, 5.41) is 8.37. The van der Waals surface area contributed by atoms with Gasteiger partial charge in [-0.25, -0.2) is 0 Å². The molecule has 2 aromatic rings. The molecule has 0 aliphatic rings. The number of benzene rings is 1. The van der Waals surface area contributed by atoms with Gasteiger partial charge in [0.25, 0.3) is 10.1 Å². The summed E-state index contributed by atoms with van der Waals surface area (Å²) in [6.07, 6.45) is 3.50. The lowest BCUT2D eigenvalue weighted by atomic mass is 10.2. The van der Waals surface area contributed by atoms with Crippen LogP contribution in [0.25, 0.3) is 0 Å². The van der Waals surface area contributed by atoms with Crippen molar-refractivity contribution in [2.24, 2.45) is 0 Å². The molecule has 1 aromatic carbocycles. The predicted octanol–water partition coefficient (Wildman–Crippen LogP) is 1.89. The zero-order chi connectivity index (χ0) is 13.4. The molecule has 0 saturated heterocycles. The van der Waals surface area contributed by atoms with E-state index < -0.39 is 10.1 Å². The van der Waals surface area contributed by atoms with Crippen LogP contribution in [0, 0.1) is 11.3 Å². The Bertz CT molecular complexity index is 590. The Morgan fingerprint density at radius 2 is 1.61 bits per heavy atom. The lowest BCUT2D eigenvalue weighted by Gasteiger charge is -1.94. The van der Waals surface area contributed by atoms with Crippen molar-refractivity contribution < 1.29 is 13.0 Å². The van der Waals surface area contributed by atoms with Crippen LogP contribution in [-0.2, 0) is 10.1 Å². The van der Waals surface area contributed by atoms with Crippen LogP contribution in [-0.4, -0.2) is 18.0 Å². The minimum absolute atomic E-state index is 0.207. The van der Waals surface area contributed by atoms with Crippen molar-refractivity contribution in [2.45, 2.75) is 4.90 Å². The summed E-state index contributed by atoms with van der Waals surface area (Å²) in [5.74, 6) is 0. The minimum Gasteiger partial charge on any atom is -0.282 e. The van der Waals surface area contributed by atoms with E-state index in [1.807, 2.05) is 24.3 Å². The van der Waals surface area contributed by atoms with E-state index in [9.17, 15) is 8.42 Å². The van der Waals surface area contributed by atoms with Crippen LogP contribution in [0.5, 0.6) is 0 Å². The fourth-order valence-corrected chi connectivity index (χ4v) is 1.49. The molecule has 0 aliphatic carbocycles. The van der Waals surface area contributed by atoms with Gasteiger partial charge in [0, 0.05) is 12.4 Å². The normalized spacial score (nSPS) is 9.78. The molecule has 0 amide bonds. The first-order valence-corrected chi connectivity index (χ1v) is 6.30. The molecular formula is C12H10N2O3S. The zero-order valence-electron chi connectivity index (χ0n) is 9.26. The fraction of sp³-hybridized carbons (Fsp3) is 0. The molecule has 0 saturated carbocycles. The molecule has 0 unspecified atom stereocenters. The van der Waals surface area contributed by atoms with Crippen molar-refractivity contribution in [2.75, 3.05) is 0 Å². The van der Waals surface area contributed by atoms with E-state index in [1.54, 1.807) is 12.4 Å². The van der Waals surface area contributed by atoms with Crippen LogP contribution in [0.2, 0.25) is 0 Å². The number of pyridine rings is 1. The quantitative estimate of drug-likeness (QED) is 0.792. The van der Waals surface area contributed by atoms with E-state index in [4.69, 9.17) is 9.81 Å². The van der Waals surface area contributed by atoms with Crippen LogP contribution in [0.15, 0.2) is 59.8 Å². The van der Waals surface area contributed by atoms with Crippen molar-refractivity contribution in [3.8, 4) is 6.07 Å². The van der Waals surface area contributed by atoms with Gasteiger partial charge in [-0.05, 0) is 36.4 Å². The molecule has 2 rings (SSSR count). The number of nitriles is 1. The maximum atomic E-state index is 10.5. The number of nitrogens with zero attached hydrogens (tertiary/aromatic N) is 2. The van der Waals surface area contributed by atoms with E-state index >= 15 is 0 Å². The average molecular weight is 262 g/mol. The molecule has 0 radical (unpaired) electrons. The first kappa shape index (κ1) is 13.8. The molecule has 0 fully saturated rings. The van der Waals surface area contributed by atoms with Crippen molar-refractivity contribution in [3.63, 3.8) is 0 Å². The number of hydrogen-bond donors (Lipinski definition) is 1. The predicted molar refractivity (Wildman–Crippen MR) is 65.2 cm³/mol. The van der Waals surface area contributed by atoms with Crippen molar-refractivity contribution in [3.05, 3.63) is 60.4 Å². The van der Waals surface area contributed by atoms with Crippen molar-refractivity contribution in [1.29, 1.82) is 5.26 Å². The molecule has 1 heterocycles.